The van der Waals surface area contributed by atoms with Gasteiger partial charge < -0.3 is 19.8 Å². The normalized spacial score (nSPS) is 10.3. The van der Waals surface area contributed by atoms with Crippen LogP contribution in [0.5, 0.6) is 5.75 Å². The summed E-state index contributed by atoms with van der Waals surface area (Å²) >= 11 is 15.1. The van der Waals surface area contributed by atoms with E-state index < -0.39 is 5.91 Å². The summed E-state index contributed by atoms with van der Waals surface area (Å²) in [4.78, 5) is 24.0. The molecule has 1 aromatic carbocycles. The van der Waals surface area contributed by atoms with E-state index in [2.05, 4.69) is 26.6 Å². The summed E-state index contributed by atoms with van der Waals surface area (Å²) in [6.45, 7) is 0.405. The number of benzene rings is 1. The van der Waals surface area contributed by atoms with Crippen LogP contribution < -0.4 is 15.4 Å². The first kappa shape index (κ1) is 18.6. The van der Waals surface area contributed by atoms with Gasteiger partial charge >= 0.3 is 0 Å². The molecule has 0 bridgehead atoms. The SMILES string of the molecule is COc1c(Cl)ccc(Cl)c1C(=O)NCCNC(=O)c1ccc(Br)o1. The van der Waals surface area contributed by atoms with Crippen LogP contribution in [0.4, 0.5) is 0 Å². The highest BCUT2D eigenvalue weighted by Gasteiger charge is 2.19. The first-order chi connectivity index (χ1) is 11.4. The summed E-state index contributed by atoms with van der Waals surface area (Å²) in [5.74, 6) is -0.457. The zero-order valence-corrected chi connectivity index (χ0v) is 15.6. The van der Waals surface area contributed by atoms with E-state index in [0.29, 0.717) is 4.67 Å². The highest BCUT2D eigenvalue weighted by Crippen LogP contribution is 2.33. The van der Waals surface area contributed by atoms with Gasteiger partial charge in [-0.25, -0.2) is 0 Å². The average molecular weight is 436 g/mol. The number of nitrogens with one attached hydrogen (secondary N) is 2. The Morgan fingerprint density at radius 3 is 2.29 bits per heavy atom. The van der Waals surface area contributed by atoms with Crippen LogP contribution in [0.25, 0.3) is 0 Å². The van der Waals surface area contributed by atoms with Crippen LogP contribution in [0, 0.1) is 0 Å². The Kier molecular flexibility index (Phi) is 6.53. The fourth-order valence-corrected chi connectivity index (χ4v) is 2.68. The van der Waals surface area contributed by atoms with Gasteiger partial charge in [-0.15, -0.1) is 0 Å². The number of carbonyl (C=O) groups excluding carboxylic acids is 2. The number of methoxy groups -OCH3 is 1. The summed E-state index contributed by atoms with van der Waals surface area (Å²) in [7, 11) is 1.40. The van der Waals surface area contributed by atoms with E-state index in [4.69, 9.17) is 32.4 Å². The number of ether oxygens (including phenoxy) is 1. The van der Waals surface area contributed by atoms with Crippen molar-refractivity contribution in [2.45, 2.75) is 0 Å². The van der Waals surface area contributed by atoms with E-state index in [-0.39, 0.29) is 46.1 Å². The average Bonchev–Trinajstić information content (AvgIpc) is 2.99. The van der Waals surface area contributed by atoms with E-state index in [0.717, 1.165) is 0 Å². The van der Waals surface area contributed by atoms with Crippen molar-refractivity contribution in [1.82, 2.24) is 10.6 Å². The van der Waals surface area contributed by atoms with Crippen molar-refractivity contribution in [2.75, 3.05) is 20.2 Å². The molecular formula is C15H13BrCl2N2O4. The lowest BCUT2D eigenvalue weighted by atomic mass is 10.2. The number of hydrogen-bond acceptors (Lipinski definition) is 4. The first-order valence-electron chi connectivity index (χ1n) is 6.77. The third-order valence-electron chi connectivity index (χ3n) is 2.98. The van der Waals surface area contributed by atoms with Crippen molar-refractivity contribution < 1.29 is 18.7 Å². The van der Waals surface area contributed by atoms with Crippen molar-refractivity contribution in [3.8, 4) is 5.75 Å². The standard InChI is InChI=1S/C15H13BrCl2N2O4/c1-23-13-9(18)3-2-8(17)12(13)15(22)20-7-6-19-14(21)10-4-5-11(16)24-10/h2-5H,6-7H2,1H3,(H,19,21)(H,20,22). The molecule has 128 valence electrons. The van der Waals surface area contributed by atoms with E-state index in [9.17, 15) is 9.59 Å². The van der Waals surface area contributed by atoms with Crippen LogP contribution in [0.1, 0.15) is 20.9 Å². The fraction of sp³-hybridized carbons (Fsp3) is 0.200. The summed E-state index contributed by atoms with van der Waals surface area (Å²) in [5.41, 5.74) is 0.146. The Labute approximate surface area is 156 Å². The third kappa shape index (κ3) is 4.43. The molecule has 0 aliphatic heterocycles. The number of furan rings is 1. The molecule has 2 amide bonds. The second-order valence-electron chi connectivity index (χ2n) is 4.55. The summed E-state index contributed by atoms with van der Waals surface area (Å²) in [5, 5.41) is 5.75. The van der Waals surface area contributed by atoms with Gasteiger partial charge in [0.2, 0.25) is 0 Å². The molecule has 0 aliphatic carbocycles. The van der Waals surface area contributed by atoms with Gasteiger partial charge in [0.15, 0.2) is 16.2 Å². The van der Waals surface area contributed by atoms with Crippen LogP contribution in [0.15, 0.2) is 33.4 Å². The second kappa shape index (κ2) is 8.41. The molecule has 2 aromatic rings. The summed E-state index contributed by atoms with van der Waals surface area (Å²) in [6.07, 6.45) is 0. The van der Waals surface area contributed by atoms with Gasteiger partial charge in [-0.1, -0.05) is 23.2 Å². The quantitative estimate of drug-likeness (QED) is 0.680. The molecule has 1 heterocycles. The molecule has 0 fully saturated rings. The van der Waals surface area contributed by atoms with Crippen LogP contribution in [0.2, 0.25) is 10.0 Å². The van der Waals surface area contributed by atoms with Crippen molar-refractivity contribution in [3.05, 3.63) is 50.3 Å². The number of halogens is 3. The minimum atomic E-state index is -0.450. The number of carbonyl (C=O) groups is 2. The van der Waals surface area contributed by atoms with Crippen LogP contribution >= 0.6 is 39.1 Å². The lowest BCUT2D eigenvalue weighted by molar-refractivity contribution is 0.0909. The molecule has 0 saturated heterocycles. The van der Waals surface area contributed by atoms with Gasteiger partial charge in [0.05, 0.1) is 17.2 Å². The van der Waals surface area contributed by atoms with Crippen LogP contribution in [-0.2, 0) is 0 Å². The van der Waals surface area contributed by atoms with Gasteiger partial charge in [-0.05, 0) is 40.2 Å². The Balaban J connectivity index is 1.90. The first-order valence-corrected chi connectivity index (χ1v) is 8.32. The number of hydrogen-bond donors (Lipinski definition) is 2. The summed E-state index contributed by atoms with van der Waals surface area (Å²) in [6, 6.07) is 6.21. The van der Waals surface area contributed by atoms with E-state index >= 15 is 0 Å². The smallest absolute Gasteiger partial charge is 0.287 e. The van der Waals surface area contributed by atoms with Gasteiger partial charge in [0.25, 0.3) is 11.8 Å². The topological polar surface area (TPSA) is 80.6 Å². The van der Waals surface area contributed by atoms with Gasteiger partial charge in [0, 0.05) is 13.1 Å². The Bertz CT molecular complexity index is 764. The van der Waals surface area contributed by atoms with Gasteiger partial charge in [-0.3, -0.25) is 9.59 Å². The maximum Gasteiger partial charge on any atom is 0.287 e. The molecule has 0 unspecified atom stereocenters. The van der Waals surface area contributed by atoms with Crippen molar-refractivity contribution >= 4 is 50.9 Å². The van der Waals surface area contributed by atoms with Gasteiger partial charge in [-0.2, -0.15) is 0 Å². The molecule has 9 heteroatoms. The summed E-state index contributed by atoms with van der Waals surface area (Å²) < 4.78 is 10.7. The highest BCUT2D eigenvalue weighted by molar-refractivity contribution is 9.10. The predicted molar refractivity (Wildman–Crippen MR) is 94.1 cm³/mol. The minimum absolute atomic E-state index is 0.146. The lowest BCUT2D eigenvalue weighted by Gasteiger charge is -2.12. The zero-order chi connectivity index (χ0) is 17.7. The molecule has 2 rings (SSSR count). The largest absolute Gasteiger partial charge is 0.494 e. The Morgan fingerprint density at radius 1 is 1.08 bits per heavy atom. The van der Waals surface area contributed by atoms with Gasteiger partial charge in [0.1, 0.15) is 5.56 Å². The molecule has 24 heavy (non-hydrogen) atoms. The molecular weight excluding hydrogens is 423 g/mol. The molecule has 0 radical (unpaired) electrons. The lowest BCUT2D eigenvalue weighted by Crippen LogP contribution is -2.34. The molecule has 2 N–H and O–H groups in total. The Hall–Kier alpha value is -1.70. The molecule has 6 nitrogen and oxygen atoms in total. The van der Waals surface area contributed by atoms with Crippen molar-refractivity contribution in [3.63, 3.8) is 0 Å². The maximum atomic E-state index is 12.2. The third-order valence-corrected chi connectivity index (χ3v) is 4.02. The predicted octanol–water partition coefficient (Wildman–Crippen LogP) is 3.52. The molecule has 1 aromatic heterocycles. The van der Waals surface area contributed by atoms with Crippen molar-refractivity contribution in [1.29, 1.82) is 0 Å². The minimum Gasteiger partial charge on any atom is -0.494 e. The van der Waals surface area contributed by atoms with E-state index in [1.807, 2.05) is 0 Å². The second-order valence-corrected chi connectivity index (χ2v) is 6.15. The van der Waals surface area contributed by atoms with Crippen molar-refractivity contribution in [2.24, 2.45) is 0 Å². The number of amides is 2. The molecule has 0 aliphatic rings. The molecule has 0 atom stereocenters. The Morgan fingerprint density at radius 2 is 1.71 bits per heavy atom. The zero-order valence-electron chi connectivity index (χ0n) is 12.5. The number of rotatable bonds is 6. The van der Waals surface area contributed by atoms with Crippen LogP contribution in [0.3, 0.4) is 0 Å². The van der Waals surface area contributed by atoms with E-state index in [1.54, 1.807) is 12.1 Å². The fourth-order valence-electron chi connectivity index (χ4n) is 1.91. The molecule has 0 spiro atoms. The molecule has 0 saturated carbocycles. The highest BCUT2D eigenvalue weighted by atomic mass is 79.9. The maximum absolute atomic E-state index is 12.2. The van der Waals surface area contributed by atoms with Crippen LogP contribution in [-0.4, -0.2) is 32.0 Å². The van der Waals surface area contributed by atoms with E-state index in [1.165, 1.54) is 19.2 Å². The monoisotopic (exact) mass is 434 g/mol.